The van der Waals surface area contributed by atoms with Crippen LogP contribution >= 0.6 is 0 Å². The van der Waals surface area contributed by atoms with Crippen LogP contribution in [0.4, 0.5) is 0 Å². The van der Waals surface area contributed by atoms with Gasteiger partial charge in [-0.2, -0.15) is 0 Å². The molecule has 5 nitrogen and oxygen atoms in total. The summed E-state index contributed by atoms with van der Waals surface area (Å²) >= 11 is 0. The average Bonchev–Trinajstić information content (AvgIpc) is 2.54. The van der Waals surface area contributed by atoms with Crippen LogP contribution in [-0.2, 0) is 11.3 Å². The number of carbonyl (C=O) groups is 1. The van der Waals surface area contributed by atoms with Gasteiger partial charge in [0.25, 0.3) is 0 Å². The van der Waals surface area contributed by atoms with Crippen LogP contribution in [-0.4, -0.2) is 41.8 Å². The van der Waals surface area contributed by atoms with Gasteiger partial charge in [0.2, 0.25) is 6.41 Å². The lowest BCUT2D eigenvalue weighted by Crippen LogP contribution is -2.41. The van der Waals surface area contributed by atoms with Crippen molar-refractivity contribution < 1.29 is 19.4 Å². The van der Waals surface area contributed by atoms with Gasteiger partial charge in [0.1, 0.15) is 0 Å². The maximum atomic E-state index is 11.3. The summed E-state index contributed by atoms with van der Waals surface area (Å²) in [6, 6.07) is 5.63. The fraction of sp³-hybridized carbons (Fsp3) is 0.611. The number of rotatable bonds is 10. The Balaban J connectivity index is 2.87. The highest BCUT2D eigenvalue weighted by molar-refractivity contribution is 5.49. The molecule has 1 aromatic rings. The van der Waals surface area contributed by atoms with Crippen molar-refractivity contribution in [2.45, 2.75) is 58.8 Å². The lowest BCUT2D eigenvalue weighted by molar-refractivity contribution is -0.122. The van der Waals surface area contributed by atoms with Gasteiger partial charge < -0.3 is 19.5 Å². The summed E-state index contributed by atoms with van der Waals surface area (Å²) in [4.78, 5) is 12.9. The van der Waals surface area contributed by atoms with Gasteiger partial charge in [0.15, 0.2) is 11.5 Å². The van der Waals surface area contributed by atoms with Gasteiger partial charge in [-0.15, -0.1) is 0 Å². The van der Waals surface area contributed by atoms with Gasteiger partial charge in [-0.05, 0) is 44.4 Å². The molecule has 0 spiro atoms. The molecule has 0 saturated carbocycles. The number of amides is 1. The molecule has 1 rings (SSSR count). The first-order chi connectivity index (χ1) is 10.9. The minimum Gasteiger partial charge on any atom is -0.493 e. The predicted molar refractivity (Wildman–Crippen MR) is 90.8 cm³/mol. The summed E-state index contributed by atoms with van der Waals surface area (Å²) in [7, 11) is 1.59. The van der Waals surface area contributed by atoms with E-state index in [0.29, 0.717) is 37.4 Å². The van der Waals surface area contributed by atoms with E-state index in [1.54, 1.807) is 12.0 Å². The first-order valence-corrected chi connectivity index (χ1v) is 8.12. The Bertz CT molecular complexity index is 498. The Morgan fingerprint density at radius 1 is 1.26 bits per heavy atom. The molecule has 0 atom stereocenters. The second-order valence-corrected chi connectivity index (χ2v) is 6.09. The average molecular weight is 323 g/mol. The number of aliphatic hydroxyl groups is 1. The summed E-state index contributed by atoms with van der Waals surface area (Å²) < 4.78 is 11.1. The van der Waals surface area contributed by atoms with E-state index in [1.807, 2.05) is 45.9 Å². The molecule has 1 aromatic carbocycles. The zero-order chi connectivity index (χ0) is 17.5. The Labute approximate surface area is 139 Å². The summed E-state index contributed by atoms with van der Waals surface area (Å²) in [5.74, 6) is 1.32. The predicted octanol–water partition coefficient (Wildman–Crippen LogP) is 2.99. The molecule has 0 unspecified atom stereocenters. The van der Waals surface area contributed by atoms with Gasteiger partial charge in [-0.1, -0.05) is 19.9 Å². The standard InChI is InChI=1S/C18H29NO4/c1-6-18(21,7-2)12-19(13-20)11-15-8-9-16(23-14(3)4)17(10-15)22-5/h8-10,13-14,21H,6-7,11-12H2,1-5H3. The van der Waals surface area contributed by atoms with Crippen LogP contribution < -0.4 is 9.47 Å². The fourth-order valence-corrected chi connectivity index (χ4v) is 2.38. The maximum absolute atomic E-state index is 11.3. The summed E-state index contributed by atoms with van der Waals surface area (Å²) in [6.45, 7) is 8.50. The monoisotopic (exact) mass is 323 g/mol. The molecular formula is C18H29NO4. The molecule has 130 valence electrons. The van der Waals surface area contributed by atoms with Crippen molar-refractivity contribution in [3.63, 3.8) is 0 Å². The Morgan fingerprint density at radius 2 is 1.91 bits per heavy atom. The third-order valence-electron chi connectivity index (χ3n) is 3.94. The van der Waals surface area contributed by atoms with Gasteiger partial charge in [0, 0.05) is 13.1 Å². The third-order valence-corrected chi connectivity index (χ3v) is 3.94. The lowest BCUT2D eigenvalue weighted by Gasteiger charge is -2.31. The maximum Gasteiger partial charge on any atom is 0.210 e. The van der Waals surface area contributed by atoms with Gasteiger partial charge in [0.05, 0.1) is 18.8 Å². The van der Waals surface area contributed by atoms with Gasteiger partial charge in [-0.25, -0.2) is 0 Å². The second-order valence-electron chi connectivity index (χ2n) is 6.09. The number of hydrogen-bond acceptors (Lipinski definition) is 4. The number of methoxy groups -OCH3 is 1. The van der Waals surface area contributed by atoms with E-state index >= 15 is 0 Å². The summed E-state index contributed by atoms with van der Waals surface area (Å²) in [6.07, 6.45) is 2.06. The Morgan fingerprint density at radius 3 is 2.39 bits per heavy atom. The van der Waals surface area contributed by atoms with Crippen LogP contribution in [0.1, 0.15) is 46.1 Å². The fourth-order valence-electron chi connectivity index (χ4n) is 2.38. The molecule has 0 heterocycles. The highest BCUT2D eigenvalue weighted by Gasteiger charge is 2.25. The van der Waals surface area contributed by atoms with Crippen molar-refractivity contribution in [1.82, 2.24) is 4.90 Å². The Hall–Kier alpha value is -1.75. The first-order valence-electron chi connectivity index (χ1n) is 8.12. The SMILES string of the molecule is CCC(O)(CC)CN(C=O)Cc1ccc(OC(C)C)c(OC)c1. The number of nitrogens with zero attached hydrogens (tertiary/aromatic N) is 1. The van der Waals surface area contributed by atoms with E-state index in [2.05, 4.69) is 0 Å². The molecule has 0 aliphatic carbocycles. The lowest BCUT2D eigenvalue weighted by atomic mass is 9.97. The van der Waals surface area contributed by atoms with Crippen molar-refractivity contribution >= 4 is 6.41 Å². The molecule has 1 N–H and O–H groups in total. The third kappa shape index (κ3) is 5.75. The molecule has 0 bridgehead atoms. The van der Waals surface area contributed by atoms with E-state index in [9.17, 15) is 9.90 Å². The van der Waals surface area contributed by atoms with Crippen molar-refractivity contribution in [2.75, 3.05) is 13.7 Å². The second kappa shape index (κ2) is 8.77. The molecular weight excluding hydrogens is 294 g/mol. The number of ether oxygens (including phenoxy) is 2. The molecule has 0 aromatic heterocycles. The van der Waals surface area contributed by atoms with Crippen LogP contribution in [0, 0.1) is 0 Å². The van der Waals surface area contributed by atoms with Crippen LogP contribution in [0.25, 0.3) is 0 Å². The first kappa shape index (κ1) is 19.3. The van der Waals surface area contributed by atoms with E-state index in [0.717, 1.165) is 12.0 Å². The number of carbonyl (C=O) groups excluding carboxylic acids is 1. The smallest absolute Gasteiger partial charge is 0.210 e. The van der Waals surface area contributed by atoms with Crippen LogP contribution in [0.5, 0.6) is 11.5 Å². The molecule has 5 heteroatoms. The quantitative estimate of drug-likeness (QED) is 0.673. The van der Waals surface area contributed by atoms with E-state index in [1.165, 1.54) is 0 Å². The highest BCUT2D eigenvalue weighted by atomic mass is 16.5. The summed E-state index contributed by atoms with van der Waals surface area (Å²) in [5, 5.41) is 10.4. The summed E-state index contributed by atoms with van der Waals surface area (Å²) in [5.41, 5.74) is 0.0886. The molecule has 0 saturated heterocycles. The van der Waals surface area contributed by atoms with E-state index < -0.39 is 5.60 Å². The van der Waals surface area contributed by atoms with Gasteiger partial charge >= 0.3 is 0 Å². The highest BCUT2D eigenvalue weighted by Crippen LogP contribution is 2.29. The van der Waals surface area contributed by atoms with E-state index in [-0.39, 0.29) is 6.10 Å². The molecule has 0 fully saturated rings. The van der Waals surface area contributed by atoms with Crippen LogP contribution in [0.2, 0.25) is 0 Å². The van der Waals surface area contributed by atoms with Crippen molar-refractivity contribution in [2.24, 2.45) is 0 Å². The topological polar surface area (TPSA) is 59.0 Å². The molecule has 0 aliphatic heterocycles. The zero-order valence-electron chi connectivity index (χ0n) is 14.8. The van der Waals surface area contributed by atoms with Crippen LogP contribution in [0.15, 0.2) is 18.2 Å². The molecule has 0 radical (unpaired) electrons. The molecule has 1 amide bonds. The largest absolute Gasteiger partial charge is 0.493 e. The zero-order valence-corrected chi connectivity index (χ0v) is 14.8. The van der Waals surface area contributed by atoms with Crippen LogP contribution in [0.3, 0.4) is 0 Å². The van der Waals surface area contributed by atoms with Crippen molar-refractivity contribution in [3.05, 3.63) is 23.8 Å². The number of benzene rings is 1. The number of hydrogen-bond donors (Lipinski definition) is 1. The minimum atomic E-state index is -0.842. The minimum absolute atomic E-state index is 0.0605. The van der Waals surface area contributed by atoms with Crippen molar-refractivity contribution in [1.29, 1.82) is 0 Å². The molecule has 23 heavy (non-hydrogen) atoms. The Kier molecular flexibility index (Phi) is 7.36. The molecule has 0 aliphatic rings. The van der Waals surface area contributed by atoms with Crippen molar-refractivity contribution in [3.8, 4) is 11.5 Å². The normalized spacial score (nSPS) is 11.4. The van der Waals surface area contributed by atoms with E-state index in [4.69, 9.17) is 9.47 Å². The van der Waals surface area contributed by atoms with Gasteiger partial charge in [-0.3, -0.25) is 4.79 Å².